The van der Waals surface area contributed by atoms with Crippen molar-refractivity contribution in [1.29, 1.82) is 0 Å². The minimum absolute atomic E-state index is 0.0419. The van der Waals surface area contributed by atoms with E-state index < -0.39 is 0 Å². The lowest BCUT2D eigenvalue weighted by Gasteiger charge is -2.47. The molecule has 1 aliphatic carbocycles. The maximum atomic E-state index is 12.6. The van der Waals surface area contributed by atoms with E-state index in [2.05, 4.69) is 46.6 Å². The lowest BCUT2D eigenvalue weighted by atomic mass is 9.73. The minimum atomic E-state index is -0.0419. The van der Waals surface area contributed by atoms with E-state index in [9.17, 15) is 4.79 Å². The fourth-order valence-electron chi connectivity index (χ4n) is 4.28. The summed E-state index contributed by atoms with van der Waals surface area (Å²) >= 11 is 0. The summed E-state index contributed by atoms with van der Waals surface area (Å²) in [6, 6.07) is 10.7. The molecule has 0 aromatic heterocycles. The molecule has 1 aromatic carbocycles. The van der Waals surface area contributed by atoms with Crippen LogP contribution in [0.1, 0.15) is 31.2 Å². The zero-order valence-electron chi connectivity index (χ0n) is 15.4. The highest BCUT2D eigenvalue weighted by Crippen LogP contribution is 2.43. The molecule has 26 heavy (non-hydrogen) atoms. The summed E-state index contributed by atoms with van der Waals surface area (Å²) in [5.74, 6) is 0. The predicted molar refractivity (Wildman–Crippen MR) is 103 cm³/mol. The molecule has 3 fully saturated rings. The van der Waals surface area contributed by atoms with Crippen LogP contribution in [-0.4, -0.2) is 66.8 Å². The normalized spacial score (nSPS) is 29.2. The van der Waals surface area contributed by atoms with Gasteiger partial charge in [-0.05, 0) is 31.2 Å². The van der Waals surface area contributed by atoms with Gasteiger partial charge in [0.25, 0.3) is 0 Å². The summed E-state index contributed by atoms with van der Waals surface area (Å²) in [6.07, 6.45) is 8.74. The predicted octanol–water partition coefficient (Wildman–Crippen LogP) is 2.74. The third-order valence-corrected chi connectivity index (χ3v) is 6.06. The van der Waals surface area contributed by atoms with Gasteiger partial charge in [-0.1, -0.05) is 42.5 Å². The molecular weight excluding hydrogens is 326 g/mol. The van der Waals surface area contributed by atoms with Crippen molar-refractivity contribution in [3.63, 3.8) is 0 Å². The van der Waals surface area contributed by atoms with Gasteiger partial charge in [-0.15, -0.1) is 0 Å². The van der Waals surface area contributed by atoms with Crippen LogP contribution >= 0.6 is 0 Å². The number of hydrogen-bond acceptors (Lipinski definition) is 3. The van der Waals surface area contributed by atoms with Gasteiger partial charge in [0.2, 0.25) is 0 Å². The molecule has 2 unspecified atom stereocenters. The van der Waals surface area contributed by atoms with E-state index in [-0.39, 0.29) is 17.7 Å². The zero-order valence-corrected chi connectivity index (χ0v) is 15.4. The Kier molecular flexibility index (Phi) is 5.27. The Bertz CT molecular complexity index is 632. The molecule has 5 heteroatoms. The highest BCUT2D eigenvalue weighted by atomic mass is 16.5. The molecule has 3 aliphatic rings. The number of nitrogens with one attached hydrogen (secondary N) is 1. The van der Waals surface area contributed by atoms with Gasteiger partial charge < -0.3 is 15.0 Å². The van der Waals surface area contributed by atoms with Crippen molar-refractivity contribution in [2.24, 2.45) is 0 Å². The van der Waals surface area contributed by atoms with Gasteiger partial charge in [-0.3, -0.25) is 4.90 Å². The molecule has 0 bridgehead atoms. The second-order valence-electron chi connectivity index (χ2n) is 7.66. The molecule has 2 aliphatic heterocycles. The van der Waals surface area contributed by atoms with Gasteiger partial charge in [-0.2, -0.15) is 0 Å². The van der Waals surface area contributed by atoms with Crippen LogP contribution in [-0.2, 0) is 4.74 Å². The molecule has 1 saturated carbocycles. The van der Waals surface area contributed by atoms with Gasteiger partial charge >= 0.3 is 6.03 Å². The van der Waals surface area contributed by atoms with E-state index >= 15 is 0 Å². The number of hydrogen-bond donors (Lipinski definition) is 1. The van der Waals surface area contributed by atoms with Crippen LogP contribution < -0.4 is 5.32 Å². The number of piperazine rings is 1. The Morgan fingerprint density at radius 2 is 2.00 bits per heavy atom. The van der Waals surface area contributed by atoms with Crippen LogP contribution in [0, 0.1) is 0 Å². The van der Waals surface area contributed by atoms with Gasteiger partial charge in [0.1, 0.15) is 0 Å². The van der Waals surface area contributed by atoms with Crippen molar-refractivity contribution in [3.8, 4) is 0 Å². The van der Waals surface area contributed by atoms with Crippen LogP contribution in [0.4, 0.5) is 4.79 Å². The molecule has 2 atom stereocenters. The highest BCUT2D eigenvalue weighted by Gasteiger charge is 2.50. The first-order valence-electron chi connectivity index (χ1n) is 9.89. The molecular formula is C21H29N3O2. The fraction of sp³-hybridized carbons (Fsp3) is 0.571. The monoisotopic (exact) mass is 355 g/mol. The number of carbonyl (C=O) groups is 1. The molecule has 1 aromatic rings. The van der Waals surface area contributed by atoms with Crippen molar-refractivity contribution in [3.05, 3.63) is 42.0 Å². The number of rotatable bonds is 4. The smallest absolute Gasteiger partial charge is 0.317 e. The Morgan fingerprint density at radius 1 is 1.19 bits per heavy atom. The zero-order chi connectivity index (χ0) is 17.8. The minimum Gasteiger partial charge on any atom is -0.373 e. The average Bonchev–Trinajstić information content (AvgIpc) is 3.19. The first kappa shape index (κ1) is 17.6. The number of benzene rings is 1. The Labute approximate surface area is 156 Å². The molecule has 5 nitrogen and oxygen atoms in total. The maximum absolute atomic E-state index is 12.6. The second-order valence-corrected chi connectivity index (χ2v) is 7.66. The lowest BCUT2D eigenvalue weighted by Crippen LogP contribution is -2.63. The van der Waals surface area contributed by atoms with Gasteiger partial charge in [-0.25, -0.2) is 4.79 Å². The number of urea groups is 1. The Balaban J connectivity index is 1.20. The van der Waals surface area contributed by atoms with Gasteiger partial charge in [0.05, 0.1) is 11.6 Å². The van der Waals surface area contributed by atoms with E-state index in [1.807, 2.05) is 11.0 Å². The first-order valence-corrected chi connectivity index (χ1v) is 9.89. The van der Waals surface area contributed by atoms with Crippen molar-refractivity contribution >= 4 is 12.1 Å². The van der Waals surface area contributed by atoms with Crippen molar-refractivity contribution in [2.45, 2.75) is 37.3 Å². The Hall–Kier alpha value is -1.85. The third-order valence-electron chi connectivity index (χ3n) is 6.06. The topological polar surface area (TPSA) is 44.8 Å². The summed E-state index contributed by atoms with van der Waals surface area (Å²) in [5, 5.41) is 3.23. The summed E-state index contributed by atoms with van der Waals surface area (Å²) in [7, 11) is 0. The van der Waals surface area contributed by atoms with Crippen molar-refractivity contribution in [2.75, 3.05) is 39.3 Å². The average molecular weight is 355 g/mol. The first-order chi connectivity index (χ1) is 12.8. The SMILES string of the molecule is O=C(NC1CCC12CCCO2)N1CCN(C/C=C/c2ccccc2)CC1. The molecule has 1 spiro atoms. The summed E-state index contributed by atoms with van der Waals surface area (Å²) in [6.45, 7) is 5.24. The van der Waals surface area contributed by atoms with Crippen LogP contribution in [0.15, 0.2) is 36.4 Å². The van der Waals surface area contributed by atoms with E-state index in [1.54, 1.807) is 0 Å². The molecule has 140 valence electrons. The summed E-state index contributed by atoms with van der Waals surface area (Å²) in [4.78, 5) is 16.9. The van der Waals surface area contributed by atoms with Crippen LogP contribution in [0.2, 0.25) is 0 Å². The quantitative estimate of drug-likeness (QED) is 0.903. The Morgan fingerprint density at radius 3 is 2.65 bits per heavy atom. The van der Waals surface area contributed by atoms with Crippen molar-refractivity contribution < 1.29 is 9.53 Å². The summed E-state index contributed by atoms with van der Waals surface area (Å²) < 4.78 is 5.93. The summed E-state index contributed by atoms with van der Waals surface area (Å²) in [5.41, 5.74) is 1.19. The molecule has 2 heterocycles. The number of ether oxygens (including phenoxy) is 1. The number of amides is 2. The molecule has 1 N–H and O–H groups in total. The van der Waals surface area contributed by atoms with E-state index in [0.717, 1.165) is 65.0 Å². The molecule has 2 saturated heterocycles. The molecule has 0 radical (unpaired) electrons. The van der Waals surface area contributed by atoms with Gasteiger partial charge in [0.15, 0.2) is 0 Å². The second kappa shape index (κ2) is 7.80. The van der Waals surface area contributed by atoms with Gasteiger partial charge in [0, 0.05) is 39.3 Å². The maximum Gasteiger partial charge on any atom is 0.317 e. The number of carbonyl (C=O) groups excluding carboxylic acids is 1. The molecule has 2 amide bonds. The van der Waals surface area contributed by atoms with Crippen LogP contribution in [0.3, 0.4) is 0 Å². The molecule has 4 rings (SSSR count). The lowest BCUT2D eigenvalue weighted by molar-refractivity contribution is -0.0834. The largest absolute Gasteiger partial charge is 0.373 e. The highest BCUT2D eigenvalue weighted by molar-refractivity contribution is 5.75. The fourth-order valence-corrected chi connectivity index (χ4v) is 4.28. The van der Waals surface area contributed by atoms with E-state index in [4.69, 9.17) is 4.74 Å². The third kappa shape index (κ3) is 3.79. The van der Waals surface area contributed by atoms with Crippen LogP contribution in [0.25, 0.3) is 6.08 Å². The van der Waals surface area contributed by atoms with E-state index in [1.165, 1.54) is 5.56 Å². The van der Waals surface area contributed by atoms with Crippen LogP contribution in [0.5, 0.6) is 0 Å². The van der Waals surface area contributed by atoms with Crippen molar-refractivity contribution in [1.82, 2.24) is 15.1 Å². The standard InChI is InChI=1S/C21H29N3O2/c25-20(22-19-9-11-21(19)10-5-17-26-21)24-15-13-23(14-16-24)12-4-8-18-6-2-1-3-7-18/h1-4,6-8,19H,5,9-17H2,(H,22,25)/b8-4+. The van der Waals surface area contributed by atoms with E-state index in [0.29, 0.717) is 0 Å². The number of nitrogens with zero attached hydrogens (tertiary/aromatic N) is 2.